The summed E-state index contributed by atoms with van der Waals surface area (Å²) in [7, 11) is 1.70. The van der Waals surface area contributed by atoms with Crippen LogP contribution in [-0.2, 0) is 13.1 Å². The Labute approximate surface area is 235 Å². The Balaban J connectivity index is 1.57. The van der Waals surface area contributed by atoms with Gasteiger partial charge in [-0.1, -0.05) is 49.7 Å². The molecule has 0 saturated heterocycles. The Morgan fingerprint density at radius 3 is 2.65 bits per heavy atom. The van der Waals surface area contributed by atoms with Crippen molar-refractivity contribution in [3.8, 4) is 5.75 Å². The van der Waals surface area contributed by atoms with Crippen molar-refractivity contribution in [1.29, 1.82) is 0 Å². The van der Waals surface area contributed by atoms with Crippen molar-refractivity contribution in [1.82, 2.24) is 14.5 Å². The minimum Gasteiger partial charge on any atom is -0.496 e. The number of nitrogens with two attached hydrogens (primary N) is 1. The third-order valence-electron chi connectivity index (χ3n) is 7.26. The van der Waals surface area contributed by atoms with E-state index in [0.29, 0.717) is 25.3 Å². The third kappa shape index (κ3) is 5.82. The Bertz CT molecular complexity index is 1610. The molecule has 0 spiro atoms. The van der Waals surface area contributed by atoms with Crippen molar-refractivity contribution >= 4 is 39.4 Å². The van der Waals surface area contributed by atoms with Gasteiger partial charge < -0.3 is 30.8 Å². The molecular formula is C32H38N6O2. The standard InChI is InChI=1S/C32H38N6O2/c1-4-8-24(15-16-39)35-31-30-29(36-32(33)37-31)26-11-5-6-12-27(26)38(30)20-23-18-22(13-14-28(23)40-3)19-34-25-10-7-9-21(2)17-25/h5-7,9-14,17-18,24,34,39H,4,8,15-16,19-20H2,1-3H3,(H3,33,35,36,37)/t24-/m0/s1. The number of rotatable bonds is 12. The van der Waals surface area contributed by atoms with E-state index in [1.807, 2.05) is 18.2 Å². The van der Waals surface area contributed by atoms with E-state index in [-0.39, 0.29) is 18.6 Å². The summed E-state index contributed by atoms with van der Waals surface area (Å²) in [5, 5.41) is 17.8. The maximum absolute atomic E-state index is 9.66. The molecule has 2 heterocycles. The average Bonchev–Trinajstić information content (AvgIpc) is 3.25. The summed E-state index contributed by atoms with van der Waals surface area (Å²) in [6.07, 6.45) is 2.53. The van der Waals surface area contributed by atoms with Crippen LogP contribution in [-0.4, -0.2) is 39.4 Å². The number of fused-ring (bicyclic) bond motifs is 3. The molecule has 0 aliphatic carbocycles. The average molecular weight is 539 g/mol. The maximum atomic E-state index is 9.66. The monoisotopic (exact) mass is 538 g/mol. The largest absolute Gasteiger partial charge is 0.496 e. The third-order valence-corrected chi connectivity index (χ3v) is 7.26. The highest BCUT2D eigenvalue weighted by molar-refractivity contribution is 6.09. The van der Waals surface area contributed by atoms with Gasteiger partial charge in [-0.25, -0.2) is 4.98 Å². The Morgan fingerprint density at radius 2 is 1.88 bits per heavy atom. The molecule has 8 nitrogen and oxygen atoms in total. The minimum absolute atomic E-state index is 0.0736. The number of anilines is 3. The van der Waals surface area contributed by atoms with Crippen molar-refractivity contribution in [3.05, 3.63) is 83.4 Å². The highest BCUT2D eigenvalue weighted by Crippen LogP contribution is 2.35. The Morgan fingerprint density at radius 1 is 1.02 bits per heavy atom. The summed E-state index contributed by atoms with van der Waals surface area (Å²) in [5.41, 5.74) is 13.5. The molecular weight excluding hydrogens is 500 g/mol. The number of aliphatic hydroxyl groups excluding tert-OH is 1. The zero-order chi connectivity index (χ0) is 28.1. The molecule has 0 unspecified atom stereocenters. The minimum atomic E-state index is 0.0736. The second kappa shape index (κ2) is 12.3. The molecule has 0 aliphatic rings. The van der Waals surface area contributed by atoms with E-state index in [1.165, 1.54) is 5.56 Å². The number of benzene rings is 3. The zero-order valence-corrected chi connectivity index (χ0v) is 23.4. The van der Waals surface area contributed by atoms with E-state index in [9.17, 15) is 5.11 Å². The second-order valence-corrected chi connectivity index (χ2v) is 10.2. The van der Waals surface area contributed by atoms with Gasteiger partial charge in [0, 0.05) is 35.8 Å². The summed E-state index contributed by atoms with van der Waals surface area (Å²) in [6, 6.07) is 23.0. The van der Waals surface area contributed by atoms with E-state index >= 15 is 0 Å². The SMILES string of the molecule is CCC[C@@H](CCO)Nc1nc(N)nc2c3ccccc3n(Cc3cc(CNc4cccc(C)c4)ccc3OC)c12. The van der Waals surface area contributed by atoms with Gasteiger partial charge in [-0.2, -0.15) is 4.98 Å². The van der Waals surface area contributed by atoms with Gasteiger partial charge in [0.05, 0.1) is 19.2 Å². The van der Waals surface area contributed by atoms with Crippen molar-refractivity contribution in [2.45, 2.75) is 52.2 Å². The predicted octanol–water partition coefficient (Wildman–Crippen LogP) is 6.11. The molecule has 0 saturated carbocycles. The number of hydrogen-bond donors (Lipinski definition) is 4. The van der Waals surface area contributed by atoms with Gasteiger partial charge in [0.25, 0.3) is 0 Å². The molecule has 5 N–H and O–H groups in total. The number of aryl methyl sites for hydroxylation is 1. The lowest BCUT2D eigenvalue weighted by Crippen LogP contribution is -2.22. The van der Waals surface area contributed by atoms with Crippen LogP contribution in [0.3, 0.4) is 0 Å². The lowest BCUT2D eigenvalue weighted by molar-refractivity contribution is 0.276. The van der Waals surface area contributed by atoms with Crippen LogP contribution in [0.2, 0.25) is 0 Å². The van der Waals surface area contributed by atoms with Crippen LogP contribution in [0.1, 0.15) is 42.9 Å². The molecule has 5 aromatic rings. The zero-order valence-electron chi connectivity index (χ0n) is 23.4. The first-order valence-electron chi connectivity index (χ1n) is 13.9. The van der Waals surface area contributed by atoms with Crippen LogP contribution in [0.4, 0.5) is 17.5 Å². The number of ether oxygens (including phenoxy) is 1. The van der Waals surface area contributed by atoms with Crippen molar-refractivity contribution in [2.75, 3.05) is 30.1 Å². The molecule has 3 aromatic carbocycles. The maximum Gasteiger partial charge on any atom is 0.222 e. The van der Waals surface area contributed by atoms with Gasteiger partial charge in [-0.3, -0.25) is 0 Å². The van der Waals surface area contributed by atoms with Crippen LogP contribution >= 0.6 is 0 Å². The summed E-state index contributed by atoms with van der Waals surface area (Å²) >= 11 is 0. The van der Waals surface area contributed by atoms with E-state index in [0.717, 1.165) is 57.3 Å². The smallest absolute Gasteiger partial charge is 0.222 e. The van der Waals surface area contributed by atoms with Crippen molar-refractivity contribution < 1.29 is 9.84 Å². The second-order valence-electron chi connectivity index (χ2n) is 10.2. The van der Waals surface area contributed by atoms with E-state index in [1.54, 1.807) is 7.11 Å². The number of nitrogens with zero attached hydrogens (tertiary/aromatic N) is 3. The lowest BCUT2D eigenvalue weighted by atomic mass is 10.1. The van der Waals surface area contributed by atoms with E-state index in [2.05, 4.69) is 87.5 Å². The predicted molar refractivity (Wildman–Crippen MR) is 164 cm³/mol. The fourth-order valence-electron chi connectivity index (χ4n) is 5.39. The highest BCUT2D eigenvalue weighted by atomic mass is 16.5. The summed E-state index contributed by atoms with van der Waals surface area (Å²) in [4.78, 5) is 9.32. The number of hydrogen-bond acceptors (Lipinski definition) is 7. The fraction of sp³-hybridized carbons (Fsp3) is 0.312. The first kappa shape index (κ1) is 27.3. The number of aromatic nitrogens is 3. The van der Waals surface area contributed by atoms with Crippen LogP contribution in [0.15, 0.2) is 66.7 Å². The van der Waals surface area contributed by atoms with Crippen molar-refractivity contribution in [3.63, 3.8) is 0 Å². The summed E-state index contributed by atoms with van der Waals surface area (Å²) < 4.78 is 8.04. The van der Waals surface area contributed by atoms with Crippen LogP contribution in [0.25, 0.3) is 21.9 Å². The molecule has 0 aliphatic heterocycles. The first-order chi connectivity index (χ1) is 19.5. The van der Waals surface area contributed by atoms with E-state index < -0.39 is 0 Å². The molecule has 2 aromatic heterocycles. The highest BCUT2D eigenvalue weighted by Gasteiger charge is 2.21. The number of nitrogen functional groups attached to an aromatic ring is 1. The molecule has 0 bridgehead atoms. The van der Waals surface area contributed by atoms with E-state index in [4.69, 9.17) is 10.5 Å². The molecule has 0 amide bonds. The summed E-state index contributed by atoms with van der Waals surface area (Å²) in [6.45, 7) is 5.59. The number of nitrogens with one attached hydrogen (secondary N) is 2. The molecule has 1 atom stereocenters. The van der Waals surface area contributed by atoms with Crippen LogP contribution in [0.5, 0.6) is 5.75 Å². The van der Waals surface area contributed by atoms with Crippen LogP contribution in [0, 0.1) is 6.92 Å². The van der Waals surface area contributed by atoms with Crippen molar-refractivity contribution in [2.24, 2.45) is 0 Å². The topological polar surface area (TPSA) is 110 Å². The van der Waals surface area contributed by atoms with Gasteiger partial charge in [-0.05, 0) is 61.2 Å². The first-order valence-corrected chi connectivity index (χ1v) is 13.9. The fourth-order valence-corrected chi connectivity index (χ4v) is 5.39. The van der Waals surface area contributed by atoms with Crippen LogP contribution < -0.4 is 21.1 Å². The van der Waals surface area contributed by atoms with Gasteiger partial charge in [0.1, 0.15) is 16.8 Å². The number of para-hydroxylation sites is 1. The molecule has 0 fully saturated rings. The molecule has 40 heavy (non-hydrogen) atoms. The molecule has 8 heteroatoms. The van der Waals surface area contributed by atoms with Gasteiger partial charge in [0.15, 0.2) is 5.82 Å². The van der Waals surface area contributed by atoms with Gasteiger partial charge in [-0.15, -0.1) is 0 Å². The Hall–Kier alpha value is -4.30. The quantitative estimate of drug-likeness (QED) is 0.152. The Kier molecular flexibility index (Phi) is 8.36. The molecule has 208 valence electrons. The van der Waals surface area contributed by atoms with Gasteiger partial charge in [0.2, 0.25) is 5.95 Å². The molecule has 0 radical (unpaired) electrons. The number of methoxy groups -OCH3 is 1. The molecule has 5 rings (SSSR count). The normalized spacial score (nSPS) is 12.1. The van der Waals surface area contributed by atoms with Gasteiger partial charge >= 0.3 is 0 Å². The lowest BCUT2D eigenvalue weighted by Gasteiger charge is -2.20. The summed E-state index contributed by atoms with van der Waals surface area (Å²) in [5.74, 6) is 1.72. The number of aliphatic hydroxyl groups is 1.